The minimum Gasteiger partial charge on any atom is -0.495 e. The summed E-state index contributed by atoms with van der Waals surface area (Å²) in [5.74, 6) is -0.525. The number of ketones is 2. The normalized spacial score (nSPS) is 13.9. The number of carbonyl (C=O) groups is 2. The van der Waals surface area contributed by atoms with E-state index in [0.717, 1.165) is 6.08 Å². The lowest BCUT2D eigenvalue weighted by Crippen LogP contribution is -2.20. The average Bonchev–Trinajstić information content (AvgIpc) is 2.48. The van der Waals surface area contributed by atoms with Crippen molar-refractivity contribution in [3.63, 3.8) is 0 Å². The molecule has 3 rings (SSSR count). The van der Waals surface area contributed by atoms with Crippen molar-refractivity contribution in [2.24, 2.45) is 0 Å². The van der Waals surface area contributed by atoms with Gasteiger partial charge >= 0.3 is 0 Å². The van der Waals surface area contributed by atoms with Gasteiger partial charge in [-0.25, -0.2) is 0 Å². The van der Waals surface area contributed by atoms with Gasteiger partial charge in [-0.15, -0.1) is 0 Å². The van der Waals surface area contributed by atoms with Crippen molar-refractivity contribution in [3.8, 4) is 5.75 Å². The fourth-order valence-electron chi connectivity index (χ4n) is 2.58. The molecule has 1 aromatic carbocycles. The SMILES string of the molecule is COC1=CC(=O)c2c(cc3oc(C)cc(=O)c3c2OC)C1=O. The summed E-state index contributed by atoms with van der Waals surface area (Å²) in [6, 6.07) is 2.69. The molecule has 0 saturated heterocycles. The maximum absolute atomic E-state index is 12.4. The molecule has 0 unspecified atom stereocenters. The molecule has 1 aromatic heterocycles. The smallest absolute Gasteiger partial charge is 0.228 e. The van der Waals surface area contributed by atoms with E-state index in [4.69, 9.17) is 13.9 Å². The molecule has 2 aromatic rings. The molecule has 0 fully saturated rings. The molecule has 0 atom stereocenters. The van der Waals surface area contributed by atoms with Gasteiger partial charge in [0.25, 0.3) is 0 Å². The Bertz CT molecular complexity index is 916. The summed E-state index contributed by atoms with van der Waals surface area (Å²) in [7, 11) is 2.65. The first-order chi connectivity index (χ1) is 10.5. The van der Waals surface area contributed by atoms with Gasteiger partial charge in [0, 0.05) is 17.7 Å². The van der Waals surface area contributed by atoms with Crippen LogP contribution in [0.15, 0.2) is 33.2 Å². The van der Waals surface area contributed by atoms with Crippen LogP contribution < -0.4 is 10.2 Å². The third-order valence-corrected chi connectivity index (χ3v) is 3.50. The van der Waals surface area contributed by atoms with E-state index in [1.165, 1.54) is 26.4 Å². The summed E-state index contributed by atoms with van der Waals surface area (Å²) < 4.78 is 15.7. The van der Waals surface area contributed by atoms with Crippen molar-refractivity contribution >= 4 is 22.5 Å². The van der Waals surface area contributed by atoms with Gasteiger partial charge in [0.2, 0.25) is 5.78 Å². The lowest BCUT2D eigenvalue weighted by Gasteiger charge is -2.18. The first kappa shape index (κ1) is 14.1. The van der Waals surface area contributed by atoms with E-state index in [-0.39, 0.29) is 39.0 Å². The Morgan fingerprint density at radius 2 is 1.77 bits per heavy atom. The van der Waals surface area contributed by atoms with Crippen LogP contribution in [-0.2, 0) is 4.74 Å². The average molecular weight is 300 g/mol. The number of fused-ring (bicyclic) bond motifs is 2. The van der Waals surface area contributed by atoms with E-state index in [0.29, 0.717) is 5.76 Å². The minimum atomic E-state index is -0.457. The van der Waals surface area contributed by atoms with Crippen LogP contribution in [-0.4, -0.2) is 25.8 Å². The Hall–Kier alpha value is -2.89. The van der Waals surface area contributed by atoms with Gasteiger partial charge in [-0.3, -0.25) is 14.4 Å². The molecule has 1 aliphatic rings. The summed E-state index contributed by atoms with van der Waals surface area (Å²) in [5, 5.41) is 0.141. The zero-order chi connectivity index (χ0) is 16.0. The van der Waals surface area contributed by atoms with Gasteiger partial charge < -0.3 is 13.9 Å². The molecular weight excluding hydrogens is 288 g/mol. The Balaban J connectivity index is 2.48. The summed E-state index contributed by atoms with van der Waals surface area (Å²) >= 11 is 0. The van der Waals surface area contributed by atoms with Crippen molar-refractivity contribution in [2.45, 2.75) is 6.92 Å². The van der Waals surface area contributed by atoms with Crippen LogP contribution in [0.25, 0.3) is 11.0 Å². The molecule has 0 radical (unpaired) electrons. The number of carbonyl (C=O) groups excluding carboxylic acids is 2. The van der Waals surface area contributed by atoms with E-state index in [2.05, 4.69) is 0 Å². The minimum absolute atomic E-state index is 0.0472. The Morgan fingerprint density at radius 3 is 2.41 bits per heavy atom. The number of benzene rings is 1. The number of methoxy groups -OCH3 is 2. The van der Waals surface area contributed by atoms with E-state index >= 15 is 0 Å². The van der Waals surface area contributed by atoms with Crippen LogP contribution >= 0.6 is 0 Å². The van der Waals surface area contributed by atoms with Gasteiger partial charge in [-0.05, 0) is 13.0 Å². The van der Waals surface area contributed by atoms with Crippen LogP contribution in [0.4, 0.5) is 0 Å². The first-order valence-corrected chi connectivity index (χ1v) is 6.48. The Labute approximate surface area is 124 Å². The van der Waals surface area contributed by atoms with Crippen LogP contribution in [0.3, 0.4) is 0 Å². The predicted molar refractivity (Wildman–Crippen MR) is 77.5 cm³/mol. The molecule has 112 valence electrons. The highest BCUT2D eigenvalue weighted by Crippen LogP contribution is 2.35. The molecule has 1 aliphatic carbocycles. The van der Waals surface area contributed by atoms with E-state index in [9.17, 15) is 14.4 Å². The van der Waals surface area contributed by atoms with E-state index in [1.54, 1.807) is 6.92 Å². The highest BCUT2D eigenvalue weighted by atomic mass is 16.5. The quantitative estimate of drug-likeness (QED) is 0.843. The van der Waals surface area contributed by atoms with Crippen molar-refractivity contribution in [1.29, 1.82) is 0 Å². The Kier molecular flexibility index (Phi) is 3.09. The third kappa shape index (κ3) is 1.84. The summed E-state index contributed by atoms with van der Waals surface area (Å²) in [6.45, 7) is 1.63. The predicted octanol–water partition coefficient (Wildman–Crippen LogP) is 2.02. The molecule has 6 nitrogen and oxygen atoms in total. The van der Waals surface area contributed by atoms with Crippen molar-refractivity contribution in [2.75, 3.05) is 14.2 Å². The molecular formula is C16H12O6. The second kappa shape index (κ2) is 4.84. The van der Waals surface area contributed by atoms with Crippen molar-refractivity contribution < 1.29 is 23.5 Å². The van der Waals surface area contributed by atoms with Crippen LogP contribution in [0.2, 0.25) is 0 Å². The van der Waals surface area contributed by atoms with Gasteiger partial charge in [0.1, 0.15) is 22.5 Å². The zero-order valence-electron chi connectivity index (χ0n) is 12.2. The fourth-order valence-corrected chi connectivity index (χ4v) is 2.58. The topological polar surface area (TPSA) is 82.8 Å². The zero-order valence-corrected chi connectivity index (χ0v) is 12.2. The number of allylic oxidation sites excluding steroid dienone is 2. The number of rotatable bonds is 2. The van der Waals surface area contributed by atoms with Crippen molar-refractivity contribution in [1.82, 2.24) is 0 Å². The molecule has 0 N–H and O–H groups in total. The summed E-state index contributed by atoms with van der Waals surface area (Å²) in [4.78, 5) is 36.8. The molecule has 0 saturated carbocycles. The monoisotopic (exact) mass is 300 g/mol. The highest BCUT2D eigenvalue weighted by molar-refractivity contribution is 6.26. The van der Waals surface area contributed by atoms with Crippen LogP contribution in [0.1, 0.15) is 26.5 Å². The lowest BCUT2D eigenvalue weighted by atomic mass is 9.91. The van der Waals surface area contributed by atoms with Crippen molar-refractivity contribution in [3.05, 3.63) is 51.1 Å². The standard InChI is InChI=1S/C16H12O6/c1-7-4-9(17)14-11(22-7)5-8-13(16(14)21-3)10(18)6-12(20-2)15(8)19/h4-6H,1-3H3. The maximum atomic E-state index is 12.4. The van der Waals surface area contributed by atoms with Crippen LogP contribution in [0.5, 0.6) is 5.75 Å². The fraction of sp³-hybridized carbons (Fsp3) is 0.188. The number of hydrogen-bond acceptors (Lipinski definition) is 6. The van der Waals surface area contributed by atoms with Crippen LogP contribution in [0, 0.1) is 6.92 Å². The Morgan fingerprint density at radius 1 is 1.05 bits per heavy atom. The molecule has 0 amide bonds. The molecule has 6 heteroatoms. The number of aryl methyl sites for hydroxylation is 1. The summed E-state index contributed by atoms with van der Waals surface area (Å²) in [5.41, 5.74) is 0.0127. The van der Waals surface area contributed by atoms with E-state index < -0.39 is 11.6 Å². The number of Topliss-reactive ketones (excluding diaryl/α,β-unsaturated/α-hetero) is 1. The highest BCUT2D eigenvalue weighted by Gasteiger charge is 2.32. The molecule has 22 heavy (non-hydrogen) atoms. The lowest BCUT2D eigenvalue weighted by molar-refractivity contribution is 0.0915. The largest absolute Gasteiger partial charge is 0.495 e. The van der Waals surface area contributed by atoms with Gasteiger partial charge in [-0.1, -0.05) is 0 Å². The number of hydrogen-bond donors (Lipinski definition) is 0. The second-order valence-electron chi connectivity index (χ2n) is 4.83. The molecule has 1 heterocycles. The summed E-state index contributed by atoms with van der Waals surface area (Å²) in [6.07, 6.45) is 1.09. The second-order valence-corrected chi connectivity index (χ2v) is 4.83. The van der Waals surface area contributed by atoms with Gasteiger partial charge in [0.05, 0.1) is 19.8 Å². The molecule has 0 aliphatic heterocycles. The first-order valence-electron chi connectivity index (χ1n) is 6.48. The molecule has 0 spiro atoms. The van der Waals surface area contributed by atoms with E-state index in [1.807, 2.05) is 0 Å². The maximum Gasteiger partial charge on any atom is 0.228 e. The third-order valence-electron chi connectivity index (χ3n) is 3.50. The number of ether oxygens (including phenoxy) is 2. The molecule has 0 bridgehead atoms. The van der Waals surface area contributed by atoms with Gasteiger partial charge in [0.15, 0.2) is 17.0 Å². The van der Waals surface area contributed by atoms with Gasteiger partial charge in [-0.2, -0.15) is 0 Å².